The van der Waals surface area contributed by atoms with E-state index >= 15 is 0 Å². The van der Waals surface area contributed by atoms with Gasteiger partial charge in [-0.3, -0.25) is 4.90 Å². The maximum atomic E-state index is 11.8. The van der Waals surface area contributed by atoms with Gasteiger partial charge in [0.2, 0.25) is 0 Å². The number of ether oxygens (including phenoxy) is 3. The van der Waals surface area contributed by atoms with Crippen molar-refractivity contribution in [2.45, 2.75) is 25.7 Å². The topological polar surface area (TPSA) is 94.3 Å². The van der Waals surface area contributed by atoms with E-state index in [4.69, 9.17) is 18.7 Å². The zero-order valence-electron chi connectivity index (χ0n) is 19.5. The van der Waals surface area contributed by atoms with Crippen molar-refractivity contribution in [2.75, 3.05) is 40.0 Å². The van der Waals surface area contributed by atoms with Crippen molar-refractivity contribution in [3.63, 3.8) is 0 Å². The first-order chi connectivity index (χ1) is 16.5. The molecule has 8 heteroatoms. The van der Waals surface area contributed by atoms with Gasteiger partial charge in [-0.1, -0.05) is 53.7 Å². The van der Waals surface area contributed by atoms with Gasteiger partial charge in [0.25, 0.3) is 0 Å². The molecule has 8 nitrogen and oxygen atoms in total. The van der Waals surface area contributed by atoms with Crippen molar-refractivity contribution >= 4 is 5.97 Å². The number of carbonyl (C=O) groups excluding carboxylic acids is 1. The van der Waals surface area contributed by atoms with Crippen LogP contribution in [0.4, 0.5) is 0 Å². The Bertz CT molecular complexity index is 1070. The van der Waals surface area contributed by atoms with Crippen LogP contribution in [0.1, 0.15) is 18.2 Å². The second-order valence-electron chi connectivity index (χ2n) is 8.51. The molecule has 1 fully saturated rings. The van der Waals surface area contributed by atoms with Crippen molar-refractivity contribution in [3.8, 4) is 22.5 Å². The fraction of sp³-hybridized carbons (Fsp3) is 0.385. The van der Waals surface area contributed by atoms with Gasteiger partial charge in [-0.2, -0.15) is 0 Å². The van der Waals surface area contributed by atoms with E-state index in [1.54, 1.807) is 0 Å². The summed E-state index contributed by atoms with van der Waals surface area (Å²) in [4.78, 5) is 14.1. The predicted molar refractivity (Wildman–Crippen MR) is 126 cm³/mol. The van der Waals surface area contributed by atoms with E-state index in [1.165, 1.54) is 14.0 Å². The highest BCUT2D eigenvalue weighted by Crippen LogP contribution is 2.26. The molecule has 1 N–H and O–H groups in total. The zero-order valence-corrected chi connectivity index (χ0v) is 19.5. The molecule has 1 atom stereocenters. The van der Waals surface area contributed by atoms with Crippen LogP contribution in [0.2, 0.25) is 0 Å². The molecule has 0 bridgehead atoms. The number of aliphatic hydroxyl groups excluding tert-OH is 1. The smallest absolute Gasteiger partial charge is 0.340 e. The van der Waals surface area contributed by atoms with Crippen LogP contribution in [-0.4, -0.2) is 66.8 Å². The summed E-state index contributed by atoms with van der Waals surface area (Å²) in [5, 5.41) is 13.7. The lowest BCUT2D eigenvalue weighted by molar-refractivity contribution is -0.174. The largest absolute Gasteiger partial charge is 0.467 e. The summed E-state index contributed by atoms with van der Waals surface area (Å²) in [5.41, 5.74) is 3.52. The maximum absolute atomic E-state index is 11.8. The number of esters is 1. The SMILES string of the molecule is COC(=O)C(C)(CO)OCc1ccc(-c2ccc(-c3cc(CN4CCOCC4)no3)cc2)cc1. The quantitative estimate of drug-likeness (QED) is 0.480. The van der Waals surface area contributed by atoms with Crippen LogP contribution in [0.3, 0.4) is 0 Å². The van der Waals surface area contributed by atoms with E-state index in [2.05, 4.69) is 10.1 Å². The molecular weight excluding hydrogens is 436 g/mol. The molecule has 4 rings (SSSR count). The summed E-state index contributed by atoms with van der Waals surface area (Å²) in [6, 6.07) is 18.0. The number of aromatic nitrogens is 1. The first-order valence-electron chi connectivity index (χ1n) is 11.3. The lowest BCUT2D eigenvalue weighted by Gasteiger charge is -2.25. The molecule has 1 unspecified atom stereocenters. The minimum absolute atomic E-state index is 0.184. The average Bonchev–Trinajstić information content (AvgIpc) is 3.36. The summed E-state index contributed by atoms with van der Waals surface area (Å²) in [6.45, 7) is 5.34. The van der Waals surface area contributed by atoms with Crippen LogP contribution >= 0.6 is 0 Å². The predicted octanol–water partition coefficient (Wildman–Crippen LogP) is 3.28. The number of methoxy groups -OCH3 is 1. The van der Waals surface area contributed by atoms with Crippen LogP contribution in [-0.2, 0) is 32.2 Å². The number of hydrogen-bond acceptors (Lipinski definition) is 8. The zero-order chi connectivity index (χ0) is 24.0. The van der Waals surface area contributed by atoms with E-state index in [-0.39, 0.29) is 6.61 Å². The van der Waals surface area contributed by atoms with Crippen molar-refractivity contribution in [1.82, 2.24) is 10.1 Å². The molecule has 1 aromatic heterocycles. The van der Waals surface area contributed by atoms with Gasteiger partial charge in [0.15, 0.2) is 11.4 Å². The molecule has 3 aromatic rings. The van der Waals surface area contributed by atoms with Gasteiger partial charge in [-0.05, 0) is 23.6 Å². The Morgan fingerprint density at radius 3 is 2.29 bits per heavy atom. The molecule has 0 aliphatic carbocycles. The minimum atomic E-state index is -1.38. The molecule has 0 spiro atoms. The van der Waals surface area contributed by atoms with Crippen LogP contribution in [0.15, 0.2) is 59.1 Å². The van der Waals surface area contributed by atoms with Gasteiger partial charge >= 0.3 is 5.97 Å². The van der Waals surface area contributed by atoms with Gasteiger partial charge in [0, 0.05) is 31.3 Å². The highest BCUT2D eigenvalue weighted by molar-refractivity contribution is 5.79. The Morgan fingerprint density at radius 2 is 1.68 bits per heavy atom. The normalized spacial score (nSPS) is 16.2. The van der Waals surface area contributed by atoms with Crippen LogP contribution in [0.25, 0.3) is 22.5 Å². The molecule has 0 saturated carbocycles. The third kappa shape index (κ3) is 5.71. The summed E-state index contributed by atoms with van der Waals surface area (Å²) in [7, 11) is 1.27. The summed E-state index contributed by atoms with van der Waals surface area (Å²) in [5.74, 6) is 0.145. The van der Waals surface area contributed by atoms with Gasteiger partial charge in [0.05, 0.1) is 39.2 Å². The highest BCUT2D eigenvalue weighted by Gasteiger charge is 2.34. The van der Waals surface area contributed by atoms with E-state index in [1.807, 2.05) is 54.6 Å². The monoisotopic (exact) mass is 466 g/mol. The standard InChI is InChI=1S/C26H30N2O6/c1-26(18-29,25(30)31-2)33-17-19-3-5-20(6-4-19)21-7-9-22(10-8-21)24-15-23(27-34-24)16-28-11-13-32-14-12-28/h3-10,15,29H,11-14,16-18H2,1-2H3. The number of aliphatic hydroxyl groups is 1. The Balaban J connectivity index is 1.37. The molecule has 1 aliphatic heterocycles. The first-order valence-corrected chi connectivity index (χ1v) is 11.3. The Kier molecular flexibility index (Phi) is 7.74. The molecule has 0 radical (unpaired) electrons. The number of benzene rings is 2. The third-order valence-electron chi connectivity index (χ3n) is 5.98. The Hall–Kier alpha value is -3.04. The lowest BCUT2D eigenvalue weighted by Crippen LogP contribution is -2.42. The lowest BCUT2D eigenvalue weighted by atomic mass is 10.0. The maximum Gasteiger partial charge on any atom is 0.340 e. The highest BCUT2D eigenvalue weighted by atomic mass is 16.6. The summed E-state index contributed by atoms with van der Waals surface area (Å²) < 4.78 is 21.3. The summed E-state index contributed by atoms with van der Waals surface area (Å²) >= 11 is 0. The van der Waals surface area contributed by atoms with Crippen LogP contribution in [0.5, 0.6) is 0 Å². The van der Waals surface area contributed by atoms with Crippen molar-refractivity contribution < 1.29 is 28.6 Å². The van der Waals surface area contributed by atoms with Crippen molar-refractivity contribution in [1.29, 1.82) is 0 Å². The number of rotatable bonds is 9. The van der Waals surface area contributed by atoms with Gasteiger partial charge < -0.3 is 23.8 Å². The third-order valence-corrected chi connectivity index (χ3v) is 5.98. The molecule has 180 valence electrons. The number of carbonyl (C=O) groups is 1. The second-order valence-corrected chi connectivity index (χ2v) is 8.51. The summed E-state index contributed by atoms with van der Waals surface area (Å²) in [6.07, 6.45) is 0. The van der Waals surface area contributed by atoms with E-state index in [0.29, 0.717) is 0 Å². The number of morpholine rings is 1. The van der Waals surface area contributed by atoms with E-state index in [9.17, 15) is 9.90 Å². The van der Waals surface area contributed by atoms with Crippen LogP contribution < -0.4 is 0 Å². The van der Waals surface area contributed by atoms with Gasteiger partial charge in [-0.25, -0.2) is 4.79 Å². The molecule has 1 aliphatic rings. The van der Waals surface area contributed by atoms with Crippen molar-refractivity contribution in [3.05, 3.63) is 65.9 Å². The fourth-order valence-electron chi connectivity index (χ4n) is 3.76. The Morgan fingerprint density at radius 1 is 1.06 bits per heavy atom. The number of nitrogens with zero attached hydrogens (tertiary/aromatic N) is 2. The fourth-order valence-corrected chi connectivity index (χ4v) is 3.76. The first kappa shape index (κ1) is 24.1. The van der Waals surface area contributed by atoms with Gasteiger partial charge in [0.1, 0.15) is 0 Å². The van der Waals surface area contributed by atoms with Gasteiger partial charge in [-0.15, -0.1) is 0 Å². The average molecular weight is 467 g/mol. The van der Waals surface area contributed by atoms with Crippen LogP contribution in [0, 0.1) is 0 Å². The second kappa shape index (κ2) is 10.9. The van der Waals surface area contributed by atoms with E-state index in [0.717, 1.165) is 66.6 Å². The van der Waals surface area contributed by atoms with E-state index < -0.39 is 18.2 Å². The molecule has 2 aromatic carbocycles. The molecular formula is C26H30N2O6. The molecule has 2 heterocycles. The minimum Gasteiger partial charge on any atom is -0.467 e. The Labute approximate surface area is 199 Å². The molecule has 34 heavy (non-hydrogen) atoms. The van der Waals surface area contributed by atoms with Crippen molar-refractivity contribution in [2.24, 2.45) is 0 Å². The molecule has 1 saturated heterocycles. The number of hydrogen-bond donors (Lipinski definition) is 1. The molecule has 0 amide bonds.